The van der Waals surface area contributed by atoms with Gasteiger partial charge in [-0.2, -0.15) is 0 Å². The summed E-state index contributed by atoms with van der Waals surface area (Å²) in [5, 5.41) is 0. The van der Waals surface area contributed by atoms with Gasteiger partial charge >= 0.3 is 0 Å². The molecule has 0 fully saturated rings. The number of aromatic nitrogens is 2. The third-order valence-corrected chi connectivity index (χ3v) is 3.84. The SMILES string of the molecule is Cc1c(-c2ccc(Br)cc2)nc(-c2ccccc2)[nH]c1=O. The van der Waals surface area contributed by atoms with Crippen LogP contribution in [0, 0.1) is 6.92 Å². The standard InChI is InChI=1S/C17H13BrN2O/c1-11-15(12-7-9-14(18)10-8-12)19-16(20-17(11)21)13-5-3-2-4-6-13/h2-10H,1H3,(H,19,20,21). The van der Waals surface area contributed by atoms with E-state index in [4.69, 9.17) is 0 Å². The number of hydrogen-bond donors (Lipinski definition) is 1. The quantitative estimate of drug-likeness (QED) is 0.760. The van der Waals surface area contributed by atoms with Crippen LogP contribution in [0.1, 0.15) is 5.56 Å². The summed E-state index contributed by atoms with van der Waals surface area (Å²) in [6.07, 6.45) is 0. The molecule has 21 heavy (non-hydrogen) atoms. The van der Waals surface area contributed by atoms with Gasteiger partial charge in [-0.25, -0.2) is 4.98 Å². The highest BCUT2D eigenvalue weighted by Crippen LogP contribution is 2.23. The first kappa shape index (κ1) is 13.8. The Labute approximate surface area is 130 Å². The molecule has 1 heterocycles. The molecule has 3 aromatic rings. The molecule has 0 spiro atoms. The Morgan fingerprint density at radius 2 is 1.62 bits per heavy atom. The number of nitrogens with zero attached hydrogens (tertiary/aromatic N) is 1. The normalized spacial score (nSPS) is 10.6. The van der Waals surface area contributed by atoms with Crippen molar-refractivity contribution in [3.8, 4) is 22.6 Å². The molecule has 4 heteroatoms. The first-order chi connectivity index (χ1) is 10.1. The van der Waals surface area contributed by atoms with Crippen molar-refractivity contribution in [1.82, 2.24) is 9.97 Å². The number of H-pyrrole nitrogens is 1. The minimum atomic E-state index is -0.109. The summed E-state index contributed by atoms with van der Waals surface area (Å²) in [5.41, 5.74) is 3.05. The molecule has 0 bridgehead atoms. The Morgan fingerprint density at radius 3 is 2.29 bits per heavy atom. The van der Waals surface area contributed by atoms with Crippen LogP contribution in [0.15, 0.2) is 63.9 Å². The summed E-state index contributed by atoms with van der Waals surface area (Å²) in [6.45, 7) is 1.79. The second-order valence-electron chi connectivity index (χ2n) is 4.76. The molecule has 2 aromatic carbocycles. The van der Waals surface area contributed by atoms with Crippen LogP contribution in [0.3, 0.4) is 0 Å². The Balaban J connectivity index is 2.19. The minimum Gasteiger partial charge on any atom is -0.306 e. The topological polar surface area (TPSA) is 45.8 Å². The average molecular weight is 341 g/mol. The van der Waals surface area contributed by atoms with E-state index in [1.807, 2.05) is 54.6 Å². The third kappa shape index (κ3) is 2.81. The molecule has 0 atom stereocenters. The highest BCUT2D eigenvalue weighted by molar-refractivity contribution is 9.10. The minimum absolute atomic E-state index is 0.109. The van der Waals surface area contributed by atoms with Crippen molar-refractivity contribution in [2.24, 2.45) is 0 Å². The maximum Gasteiger partial charge on any atom is 0.254 e. The van der Waals surface area contributed by atoms with Crippen LogP contribution >= 0.6 is 15.9 Å². The number of nitrogens with one attached hydrogen (secondary N) is 1. The molecule has 0 aliphatic heterocycles. The number of halogens is 1. The Hall–Kier alpha value is -2.20. The van der Waals surface area contributed by atoms with E-state index in [9.17, 15) is 4.79 Å². The van der Waals surface area contributed by atoms with Gasteiger partial charge in [0.25, 0.3) is 5.56 Å². The number of aromatic amines is 1. The van der Waals surface area contributed by atoms with Crippen LogP contribution in [0.2, 0.25) is 0 Å². The first-order valence-corrected chi connectivity index (χ1v) is 7.37. The highest BCUT2D eigenvalue weighted by atomic mass is 79.9. The number of hydrogen-bond acceptors (Lipinski definition) is 2. The maximum atomic E-state index is 12.2. The molecule has 104 valence electrons. The summed E-state index contributed by atoms with van der Waals surface area (Å²) in [7, 11) is 0. The van der Waals surface area contributed by atoms with Gasteiger partial charge in [0.2, 0.25) is 0 Å². The molecule has 0 aliphatic carbocycles. The van der Waals surface area contributed by atoms with Crippen LogP contribution in [-0.4, -0.2) is 9.97 Å². The van der Waals surface area contributed by atoms with E-state index >= 15 is 0 Å². The van der Waals surface area contributed by atoms with Gasteiger partial charge < -0.3 is 4.98 Å². The van der Waals surface area contributed by atoms with Crippen LogP contribution in [0.25, 0.3) is 22.6 Å². The van der Waals surface area contributed by atoms with Gasteiger partial charge in [0.15, 0.2) is 0 Å². The van der Waals surface area contributed by atoms with Crippen molar-refractivity contribution in [2.45, 2.75) is 6.92 Å². The van der Waals surface area contributed by atoms with Crippen LogP contribution in [0.5, 0.6) is 0 Å². The fourth-order valence-corrected chi connectivity index (χ4v) is 2.42. The Bertz CT molecular complexity index is 824. The van der Waals surface area contributed by atoms with Crippen molar-refractivity contribution >= 4 is 15.9 Å². The molecule has 1 N–H and O–H groups in total. The predicted molar refractivity (Wildman–Crippen MR) is 88.2 cm³/mol. The van der Waals surface area contributed by atoms with Crippen LogP contribution < -0.4 is 5.56 Å². The highest BCUT2D eigenvalue weighted by Gasteiger charge is 2.10. The fraction of sp³-hybridized carbons (Fsp3) is 0.0588. The van der Waals surface area contributed by atoms with Gasteiger partial charge in [-0.05, 0) is 19.1 Å². The van der Waals surface area contributed by atoms with Gasteiger partial charge in [0, 0.05) is 21.2 Å². The lowest BCUT2D eigenvalue weighted by Crippen LogP contribution is -2.14. The molecule has 0 amide bonds. The summed E-state index contributed by atoms with van der Waals surface area (Å²) in [6, 6.07) is 17.4. The van der Waals surface area contributed by atoms with E-state index < -0.39 is 0 Å². The van der Waals surface area contributed by atoms with Crippen LogP contribution in [0.4, 0.5) is 0 Å². The van der Waals surface area contributed by atoms with E-state index in [1.165, 1.54) is 0 Å². The van der Waals surface area contributed by atoms with Crippen molar-refractivity contribution in [2.75, 3.05) is 0 Å². The van der Waals surface area contributed by atoms with Crippen LogP contribution in [-0.2, 0) is 0 Å². The van der Waals surface area contributed by atoms with E-state index in [1.54, 1.807) is 6.92 Å². The molecule has 0 saturated heterocycles. The van der Waals surface area contributed by atoms with Gasteiger partial charge in [-0.15, -0.1) is 0 Å². The van der Waals surface area contributed by atoms with E-state index in [0.29, 0.717) is 17.1 Å². The third-order valence-electron chi connectivity index (χ3n) is 3.32. The molecule has 3 nitrogen and oxygen atoms in total. The molecule has 0 unspecified atom stereocenters. The van der Waals surface area contributed by atoms with E-state index in [-0.39, 0.29) is 5.56 Å². The lowest BCUT2D eigenvalue weighted by atomic mass is 10.1. The van der Waals surface area contributed by atoms with Gasteiger partial charge in [0.05, 0.1) is 5.69 Å². The fourth-order valence-electron chi connectivity index (χ4n) is 2.15. The molecule has 0 radical (unpaired) electrons. The number of rotatable bonds is 2. The molecular weight excluding hydrogens is 328 g/mol. The predicted octanol–water partition coefficient (Wildman–Crippen LogP) is 4.17. The van der Waals surface area contributed by atoms with E-state index in [2.05, 4.69) is 25.9 Å². The summed E-state index contributed by atoms with van der Waals surface area (Å²) in [5.74, 6) is 0.587. The van der Waals surface area contributed by atoms with Crippen molar-refractivity contribution in [1.29, 1.82) is 0 Å². The summed E-state index contributed by atoms with van der Waals surface area (Å²) in [4.78, 5) is 19.6. The summed E-state index contributed by atoms with van der Waals surface area (Å²) >= 11 is 3.41. The smallest absolute Gasteiger partial charge is 0.254 e. The largest absolute Gasteiger partial charge is 0.306 e. The molecule has 3 rings (SSSR count). The zero-order valence-corrected chi connectivity index (χ0v) is 13.0. The molecule has 0 saturated carbocycles. The van der Waals surface area contributed by atoms with Gasteiger partial charge in [-0.3, -0.25) is 4.79 Å². The molecule has 0 aliphatic rings. The monoisotopic (exact) mass is 340 g/mol. The lowest BCUT2D eigenvalue weighted by molar-refractivity contribution is 1.09. The maximum absolute atomic E-state index is 12.2. The van der Waals surface area contributed by atoms with Crippen molar-refractivity contribution < 1.29 is 0 Å². The van der Waals surface area contributed by atoms with Crippen molar-refractivity contribution in [3.05, 3.63) is 75.0 Å². The molecule has 1 aromatic heterocycles. The lowest BCUT2D eigenvalue weighted by Gasteiger charge is -2.08. The van der Waals surface area contributed by atoms with E-state index in [0.717, 1.165) is 15.6 Å². The Morgan fingerprint density at radius 1 is 0.952 bits per heavy atom. The second-order valence-corrected chi connectivity index (χ2v) is 5.68. The average Bonchev–Trinajstić information content (AvgIpc) is 2.52. The zero-order valence-electron chi connectivity index (χ0n) is 11.4. The first-order valence-electron chi connectivity index (χ1n) is 6.57. The zero-order chi connectivity index (χ0) is 14.8. The van der Waals surface area contributed by atoms with Gasteiger partial charge in [-0.1, -0.05) is 58.4 Å². The van der Waals surface area contributed by atoms with Gasteiger partial charge in [0.1, 0.15) is 5.82 Å². The Kier molecular flexibility index (Phi) is 3.71. The van der Waals surface area contributed by atoms with Crippen molar-refractivity contribution in [3.63, 3.8) is 0 Å². The number of benzene rings is 2. The molecular formula is C17H13BrN2O. The second kappa shape index (κ2) is 5.66. The summed E-state index contributed by atoms with van der Waals surface area (Å²) < 4.78 is 0.997.